The SMILES string of the molecule is c1ccc(-n2c3ccccc3c3ccc(-c4ccc5c6ccccc6n(-c6c7ccccc7cc7ccccc67)c5c4)cc32)cc1.c1ccc(-n2c3ccccc3c3ccc(-c4ccc5c6ccccc6n(-c6cc7ccccc7c7ccccc67)c5c4)cc32)cc1.c1ccc2c(c1)cc(-n1c3ccccc3c3ccc(-c4ccc5c6ccccc6n(-c6cc7ccccc7c7ccccc67)c5c4)cc31)c1ccccc12. The molecule has 32 rings (SSSR count). The minimum Gasteiger partial charge on any atom is -0.309 e. The van der Waals surface area contributed by atoms with Gasteiger partial charge >= 0.3 is 0 Å². The second kappa shape index (κ2) is 33.1. The van der Waals surface area contributed by atoms with Gasteiger partial charge in [-0.05, 0) is 214 Å². The number of rotatable bonds is 9. The van der Waals surface area contributed by atoms with Gasteiger partial charge in [-0.2, -0.15) is 0 Å². The first kappa shape index (κ1) is 82.5. The van der Waals surface area contributed by atoms with Crippen LogP contribution in [0.1, 0.15) is 0 Å². The van der Waals surface area contributed by atoms with Gasteiger partial charge in [0.15, 0.2) is 0 Å². The summed E-state index contributed by atoms with van der Waals surface area (Å²) in [5.74, 6) is 0. The second-order valence-electron chi connectivity index (χ2n) is 38.8. The van der Waals surface area contributed by atoms with Crippen LogP contribution >= 0.6 is 0 Å². The fraction of sp³-hybridized carbons (Fsp3) is 0. The van der Waals surface area contributed by atoms with Gasteiger partial charge < -0.3 is 27.4 Å². The largest absolute Gasteiger partial charge is 0.309 e. The monoisotopic (exact) mass is 1850 g/mol. The van der Waals surface area contributed by atoms with Gasteiger partial charge in [0.25, 0.3) is 0 Å². The smallest absolute Gasteiger partial charge is 0.0618 e. The highest BCUT2D eigenvalue weighted by atomic mass is 15.0. The molecule has 32 aromatic rings. The zero-order valence-corrected chi connectivity index (χ0v) is 79.5. The van der Waals surface area contributed by atoms with Gasteiger partial charge in [0.1, 0.15) is 0 Å². The number of nitrogens with zero attached hydrogens (tertiary/aromatic N) is 6. The zero-order valence-electron chi connectivity index (χ0n) is 79.5. The zero-order chi connectivity index (χ0) is 95.7. The maximum atomic E-state index is 2.50. The summed E-state index contributed by atoms with van der Waals surface area (Å²) in [6.07, 6.45) is 0. The Balaban J connectivity index is 0.000000102. The van der Waals surface area contributed by atoms with E-state index in [2.05, 4.69) is 561 Å². The van der Waals surface area contributed by atoms with E-state index in [1.54, 1.807) is 0 Å². The van der Waals surface area contributed by atoms with Crippen molar-refractivity contribution in [2.24, 2.45) is 0 Å². The molecule has 6 heteroatoms. The van der Waals surface area contributed by atoms with Crippen LogP contribution in [0.15, 0.2) is 534 Å². The molecule has 0 fully saturated rings. The molecule has 0 aliphatic rings. The normalized spacial score (nSPS) is 12.0. The lowest BCUT2D eigenvalue weighted by Gasteiger charge is -2.16. The first-order valence-corrected chi connectivity index (χ1v) is 50.4. The number of benzene rings is 26. The molecule has 0 aliphatic heterocycles. The van der Waals surface area contributed by atoms with E-state index in [0.29, 0.717) is 0 Å². The Morgan fingerprint density at radius 3 is 0.541 bits per heavy atom. The van der Waals surface area contributed by atoms with E-state index >= 15 is 0 Å². The molecule has 678 valence electrons. The highest BCUT2D eigenvalue weighted by Gasteiger charge is 2.26. The summed E-state index contributed by atoms with van der Waals surface area (Å²) in [6.45, 7) is 0. The van der Waals surface area contributed by atoms with Crippen LogP contribution in [0.3, 0.4) is 0 Å². The molecular weight excluding hydrogens is 1770 g/mol. The summed E-state index contributed by atoms with van der Waals surface area (Å²) < 4.78 is 14.7. The van der Waals surface area contributed by atoms with Gasteiger partial charge in [0.2, 0.25) is 0 Å². The Bertz CT molecular complexity index is 10800. The summed E-state index contributed by atoms with van der Waals surface area (Å²) in [4.78, 5) is 0. The summed E-state index contributed by atoms with van der Waals surface area (Å²) in [5.41, 5.74) is 28.9. The van der Waals surface area contributed by atoms with Crippen molar-refractivity contribution in [1.29, 1.82) is 0 Å². The number of fused-ring (bicyclic) bond motifs is 29. The van der Waals surface area contributed by atoms with Crippen molar-refractivity contribution in [1.82, 2.24) is 27.4 Å². The molecule has 0 saturated heterocycles. The van der Waals surface area contributed by atoms with Crippen molar-refractivity contribution in [2.45, 2.75) is 0 Å². The van der Waals surface area contributed by atoms with Crippen LogP contribution in [0.25, 0.3) is 285 Å². The van der Waals surface area contributed by atoms with Crippen molar-refractivity contribution >= 4 is 217 Å². The van der Waals surface area contributed by atoms with Gasteiger partial charge in [0, 0.05) is 103 Å². The Morgan fingerprint density at radius 1 is 0.0959 bits per heavy atom. The topological polar surface area (TPSA) is 29.6 Å². The quantitative estimate of drug-likeness (QED) is 0.102. The van der Waals surface area contributed by atoms with E-state index in [-0.39, 0.29) is 0 Å². The lowest BCUT2D eigenvalue weighted by atomic mass is 9.99. The molecule has 0 spiro atoms. The van der Waals surface area contributed by atoms with Crippen molar-refractivity contribution in [2.75, 3.05) is 0 Å². The van der Waals surface area contributed by atoms with Gasteiger partial charge in [-0.15, -0.1) is 0 Å². The van der Waals surface area contributed by atoms with Crippen LogP contribution in [0.2, 0.25) is 0 Å². The molecule has 0 atom stereocenters. The number of hydrogen-bond donors (Lipinski definition) is 0. The third kappa shape index (κ3) is 12.9. The second-order valence-corrected chi connectivity index (χ2v) is 38.8. The molecular formula is C140H88N6. The molecule has 6 nitrogen and oxygen atoms in total. The molecule has 26 aromatic carbocycles. The van der Waals surface area contributed by atoms with E-state index in [9.17, 15) is 0 Å². The lowest BCUT2D eigenvalue weighted by Crippen LogP contribution is -1.97. The molecule has 0 bridgehead atoms. The Hall–Kier alpha value is -19.4. The predicted octanol–water partition coefficient (Wildman–Crippen LogP) is 37.9. The minimum atomic E-state index is 1.17. The van der Waals surface area contributed by atoms with Crippen LogP contribution < -0.4 is 0 Å². The Kier molecular flexibility index (Phi) is 18.7. The number of aromatic nitrogens is 6. The molecule has 0 N–H and O–H groups in total. The maximum Gasteiger partial charge on any atom is 0.0618 e. The molecule has 0 amide bonds. The van der Waals surface area contributed by atoms with Crippen LogP contribution in [-0.4, -0.2) is 27.4 Å². The minimum absolute atomic E-state index is 1.17. The summed E-state index contributed by atoms with van der Waals surface area (Å²) >= 11 is 0. The van der Waals surface area contributed by atoms with Crippen molar-refractivity contribution in [3.63, 3.8) is 0 Å². The fourth-order valence-corrected chi connectivity index (χ4v) is 24.5. The van der Waals surface area contributed by atoms with E-state index in [4.69, 9.17) is 0 Å². The lowest BCUT2D eigenvalue weighted by molar-refractivity contribution is 1.18. The van der Waals surface area contributed by atoms with Crippen LogP contribution in [0.5, 0.6) is 0 Å². The van der Waals surface area contributed by atoms with E-state index in [0.717, 1.165) is 0 Å². The van der Waals surface area contributed by atoms with Gasteiger partial charge in [-0.25, -0.2) is 0 Å². The molecule has 0 aliphatic carbocycles. The summed E-state index contributed by atoms with van der Waals surface area (Å²) in [6, 6.07) is 196. The van der Waals surface area contributed by atoms with Crippen molar-refractivity contribution < 1.29 is 0 Å². The van der Waals surface area contributed by atoms with Crippen molar-refractivity contribution in [3.8, 4) is 67.5 Å². The average Bonchev–Trinajstić information content (AvgIpc) is 1.57. The van der Waals surface area contributed by atoms with Gasteiger partial charge in [-0.3, -0.25) is 0 Å². The average molecular weight is 1850 g/mol. The number of para-hydroxylation sites is 8. The highest BCUT2D eigenvalue weighted by molar-refractivity contribution is 6.23. The highest BCUT2D eigenvalue weighted by Crippen LogP contribution is 2.49. The fourth-order valence-electron chi connectivity index (χ4n) is 24.5. The molecule has 6 heterocycles. The van der Waals surface area contributed by atoms with E-state index in [1.165, 1.54) is 285 Å². The van der Waals surface area contributed by atoms with Crippen LogP contribution in [0, 0.1) is 0 Å². The summed E-state index contributed by atoms with van der Waals surface area (Å²) in [7, 11) is 0. The molecule has 0 unspecified atom stereocenters. The first-order chi connectivity index (χ1) is 72.5. The van der Waals surface area contributed by atoms with E-state index in [1.807, 2.05) is 0 Å². The van der Waals surface area contributed by atoms with Crippen molar-refractivity contribution in [3.05, 3.63) is 534 Å². The first-order valence-electron chi connectivity index (χ1n) is 50.4. The third-order valence-electron chi connectivity index (χ3n) is 31.0. The summed E-state index contributed by atoms with van der Waals surface area (Å²) in [5, 5.41) is 35.3. The molecule has 146 heavy (non-hydrogen) atoms. The Morgan fingerprint density at radius 2 is 0.274 bits per heavy atom. The van der Waals surface area contributed by atoms with Gasteiger partial charge in [-0.1, -0.05) is 413 Å². The van der Waals surface area contributed by atoms with Crippen LogP contribution in [0.4, 0.5) is 0 Å². The maximum absolute atomic E-state index is 2.50. The molecule has 0 radical (unpaired) electrons. The third-order valence-corrected chi connectivity index (χ3v) is 31.0. The number of hydrogen-bond acceptors (Lipinski definition) is 0. The molecule has 6 aromatic heterocycles. The molecule has 0 saturated carbocycles. The predicted molar refractivity (Wildman–Crippen MR) is 622 cm³/mol. The standard InChI is InChI=1S/C52H32N2.2C44H28N2/c1-3-15-37-35(13-1)31-51(41-19-7-5-17-39(37)41)53-47-23-11-9-21-43(47)45-27-25-33(29-49(45)53)34-26-28-46-44-22-10-12-24-48(44)54(50(46)30-34)52-32-36-14-2-4-16-38(36)40-18-6-8-20-42(40)52;1-2-14-33(15-3-1)45-40-20-10-8-18-36(40)38-24-22-29(27-42(38)45)30-23-25-39-37-19-9-11-21-41(37)46(43(39)28-30)44-34-16-6-4-12-31(34)26-32-13-5-7-17-35(32)44;1-2-13-32(14-3-1)45-40-20-10-8-18-36(40)38-24-22-29(26-42(38)45)30-23-25-39-37-19-9-11-21-41(37)46(43(39)27-30)44-28-31-12-4-5-15-33(31)34-16-6-7-17-35(34)44/h1-32H;2*1-28H. The van der Waals surface area contributed by atoms with E-state index < -0.39 is 0 Å². The van der Waals surface area contributed by atoms with Crippen LogP contribution in [-0.2, 0) is 0 Å². The Labute approximate surface area is 839 Å². The van der Waals surface area contributed by atoms with Gasteiger partial charge in [0.05, 0.1) is 88.9 Å².